The Morgan fingerprint density at radius 2 is 1.63 bits per heavy atom. The molecule has 1 amide bonds. The van der Waals surface area contributed by atoms with Gasteiger partial charge in [-0.25, -0.2) is 8.78 Å². The van der Waals surface area contributed by atoms with Crippen LogP contribution in [0.1, 0.15) is 36.0 Å². The summed E-state index contributed by atoms with van der Waals surface area (Å²) in [6, 6.07) is 13.3. The van der Waals surface area contributed by atoms with Crippen LogP contribution >= 0.6 is 0 Å². The molecule has 0 bridgehead atoms. The normalized spacial score (nSPS) is 14.7. The van der Waals surface area contributed by atoms with E-state index in [0.717, 1.165) is 31.2 Å². The summed E-state index contributed by atoms with van der Waals surface area (Å²) in [5.74, 6) is -0.468. The molecule has 154 valence electrons. The lowest BCUT2D eigenvalue weighted by molar-refractivity contribution is 0.100. The summed E-state index contributed by atoms with van der Waals surface area (Å²) >= 11 is 0. The summed E-state index contributed by atoms with van der Waals surface area (Å²) in [4.78, 5) is 16.7. The SMILES string of the molecule is O=C(/N=C(\Nc1cc(-c2ccc(F)cc2)[nH]n1)NC1CCCC1)c1ccc(F)cc1. The van der Waals surface area contributed by atoms with Crippen LogP contribution in [0, 0.1) is 11.6 Å². The Labute approximate surface area is 172 Å². The lowest BCUT2D eigenvalue weighted by atomic mass is 10.1. The van der Waals surface area contributed by atoms with Gasteiger partial charge in [-0.3, -0.25) is 9.89 Å². The Bertz CT molecular complexity index is 1040. The summed E-state index contributed by atoms with van der Waals surface area (Å²) in [5.41, 5.74) is 1.77. The molecule has 4 rings (SSSR count). The Kier molecular flexibility index (Phi) is 5.83. The molecule has 1 aromatic heterocycles. The van der Waals surface area contributed by atoms with Crippen molar-refractivity contribution >= 4 is 17.7 Å². The van der Waals surface area contributed by atoms with E-state index in [1.807, 2.05) is 0 Å². The first-order chi connectivity index (χ1) is 14.6. The number of nitrogens with one attached hydrogen (secondary N) is 3. The highest BCUT2D eigenvalue weighted by Crippen LogP contribution is 2.21. The number of anilines is 1. The van der Waals surface area contributed by atoms with Crippen LogP contribution < -0.4 is 10.6 Å². The summed E-state index contributed by atoms with van der Waals surface area (Å²) in [5, 5.41) is 13.4. The van der Waals surface area contributed by atoms with E-state index in [1.54, 1.807) is 18.2 Å². The van der Waals surface area contributed by atoms with Crippen LogP contribution in [0.5, 0.6) is 0 Å². The van der Waals surface area contributed by atoms with Crippen LogP contribution in [0.25, 0.3) is 11.3 Å². The number of nitrogens with zero attached hydrogens (tertiary/aromatic N) is 2. The van der Waals surface area contributed by atoms with Gasteiger partial charge in [0.2, 0.25) is 5.96 Å². The van der Waals surface area contributed by atoms with E-state index in [9.17, 15) is 13.6 Å². The second-order valence-corrected chi connectivity index (χ2v) is 7.20. The first kappa shape index (κ1) is 19.8. The first-order valence-corrected chi connectivity index (χ1v) is 9.80. The number of halogens is 2. The lowest BCUT2D eigenvalue weighted by Crippen LogP contribution is -2.38. The van der Waals surface area contributed by atoms with Gasteiger partial charge in [-0.05, 0) is 66.9 Å². The Morgan fingerprint density at radius 3 is 2.30 bits per heavy atom. The number of aliphatic imine (C=N–C) groups is 1. The van der Waals surface area contributed by atoms with Gasteiger partial charge in [-0.15, -0.1) is 0 Å². The monoisotopic (exact) mass is 409 g/mol. The van der Waals surface area contributed by atoms with Gasteiger partial charge >= 0.3 is 0 Å². The van der Waals surface area contributed by atoms with Crippen LogP contribution in [0.3, 0.4) is 0 Å². The molecule has 0 radical (unpaired) electrons. The third kappa shape index (κ3) is 4.89. The average Bonchev–Trinajstić information content (AvgIpc) is 3.41. The smallest absolute Gasteiger partial charge is 0.280 e. The highest BCUT2D eigenvalue weighted by Gasteiger charge is 2.18. The van der Waals surface area contributed by atoms with E-state index in [0.29, 0.717) is 11.5 Å². The molecule has 1 heterocycles. The van der Waals surface area contributed by atoms with Crippen LogP contribution in [0.2, 0.25) is 0 Å². The van der Waals surface area contributed by atoms with Gasteiger partial charge in [-0.1, -0.05) is 12.8 Å². The fraction of sp³-hybridized carbons (Fsp3) is 0.227. The van der Waals surface area contributed by atoms with Gasteiger partial charge in [0, 0.05) is 17.7 Å². The summed E-state index contributed by atoms with van der Waals surface area (Å²) < 4.78 is 26.3. The Balaban J connectivity index is 1.54. The molecule has 6 nitrogen and oxygen atoms in total. The fourth-order valence-corrected chi connectivity index (χ4v) is 3.40. The van der Waals surface area contributed by atoms with E-state index in [-0.39, 0.29) is 23.4 Å². The quantitative estimate of drug-likeness (QED) is 0.438. The zero-order valence-corrected chi connectivity index (χ0v) is 16.2. The molecule has 30 heavy (non-hydrogen) atoms. The number of carbonyl (C=O) groups excluding carboxylic acids is 1. The van der Waals surface area contributed by atoms with Crippen molar-refractivity contribution in [1.82, 2.24) is 15.5 Å². The number of H-pyrrole nitrogens is 1. The molecule has 0 unspecified atom stereocenters. The number of aromatic amines is 1. The summed E-state index contributed by atoms with van der Waals surface area (Å²) in [6.07, 6.45) is 4.22. The highest BCUT2D eigenvalue weighted by molar-refractivity contribution is 6.06. The number of hydrogen-bond acceptors (Lipinski definition) is 2. The van der Waals surface area contributed by atoms with Crippen LogP contribution in [-0.4, -0.2) is 28.1 Å². The van der Waals surface area contributed by atoms with E-state index >= 15 is 0 Å². The maximum Gasteiger partial charge on any atom is 0.280 e. The summed E-state index contributed by atoms with van der Waals surface area (Å²) in [6.45, 7) is 0. The molecule has 0 spiro atoms. The molecule has 3 aromatic rings. The minimum atomic E-state index is -0.489. The number of amides is 1. The van der Waals surface area contributed by atoms with Gasteiger partial charge in [0.25, 0.3) is 5.91 Å². The molecule has 2 aromatic carbocycles. The Morgan fingerprint density at radius 1 is 1.00 bits per heavy atom. The van der Waals surface area contributed by atoms with Crippen LogP contribution in [-0.2, 0) is 0 Å². The van der Waals surface area contributed by atoms with Gasteiger partial charge in [0.15, 0.2) is 5.82 Å². The predicted molar refractivity (Wildman–Crippen MR) is 111 cm³/mol. The molecule has 1 saturated carbocycles. The topological polar surface area (TPSA) is 82.2 Å². The van der Waals surface area contributed by atoms with Crippen molar-refractivity contribution in [3.8, 4) is 11.3 Å². The minimum Gasteiger partial charge on any atom is -0.353 e. The highest BCUT2D eigenvalue weighted by atomic mass is 19.1. The molecule has 3 N–H and O–H groups in total. The van der Waals surface area contributed by atoms with E-state index < -0.39 is 11.7 Å². The molecule has 1 aliphatic carbocycles. The third-order valence-corrected chi connectivity index (χ3v) is 4.98. The second-order valence-electron chi connectivity index (χ2n) is 7.20. The number of guanidine groups is 1. The van der Waals surface area contributed by atoms with Gasteiger partial charge < -0.3 is 10.6 Å². The van der Waals surface area contributed by atoms with Crippen LogP contribution in [0.15, 0.2) is 59.6 Å². The fourth-order valence-electron chi connectivity index (χ4n) is 3.40. The Hall–Kier alpha value is -3.55. The van der Waals surface area contributed by atoms with Crippen LogP contribution in [0.4, 0.5) is 14.6 Å². The van der Waals surface area contributed by atoms with Crippen molar-refractivity contribution in [1.29, 1.82) is 0 Å². The molecule has 8 heteroatoms. The standard InChI is InChI=1S/C22H21F2N5O/c23-16-9-5-14(6-10-16)19-13-20(29-28-19)26-22(25-18-3-1-2-4-18)27-21(30)15-7-11-17(24)12-8-15/h5-13,18H,1-4H2,(H3,25,26,27,28,29,30). The minimum absolute atomic E-state index is 0.216. The number of benzene rings is 2. The maximum atomic E-state index is 13.1. The molecule has 1 fully saturated rings. The van der Waals surface area contributed by atoms with Crippen molar-refractivity contribution in [2.75, 3.05) is 5.32 Å². The van der Waals surface area contributed by atoms with Crippen molar-refractivity contribution < 1.29 is 13.6 Å². The van der Waals surface area contributed by atoms with Gasteiger partial charge in [0.1, 0.15) is 11.6 Å². The maximum absolute atomic E-state index is 13.1. The zero-order valence-electron chi connectivity index (χ0n) is 16.2. The van der Waals surface area contributed by atoms with Crippen molar-refractivity contribution in [3.63, 3.8) is 0 Å². The number of rotatable bonds is 4. The number of hydrogen-bond donors (Lipinski definition) is 3. The molecule has 1 aliphatic rings. The molecule has 0 aliphatic heterocycles. The van der Waals surface area contributed by atoms with Crippen molar-refractivity contribution in [2.24, 2.45) is 4.99 Å². The van der Waals surface area contributed by atoms with Crippen molar-refractivity contribution in [2.45, 2.75) is 31.7 Å². The predicted octanol–water partition coefficient (Wildman–Crippen LogP) is 4.50. The molecule has 0 atom stereocenters. The lowest BCUT2D eigenvalue weighted by Gasteiger charge is -2.15. The van der Waals surface area contributed by atoms with Gasteiger partial charge in [0.05, 0.1) is 5.69 Å². The average molecular weight is 409 g/mol. The first-order valence-electron chi connectivity index (χ1n) is 9.80. The van der Waals surface area contributed by atoms with Crippen molar-refractivity contribution in [3.05, 3.63) is 71.8 Å². The second kappa shape index (κ2) is 8.86. The summed E-state index contributed by atoms with van der Waals surface area (Å²) in [7, 11) is 0. The van der Waals surface area contributed by atoms with Gasteiger partial charge in [-0.2, -0.15) is 10.1 Å². The molecular formula is C22H21F2N5O. The van der Waals surface area contributed by atoms with E-state index in [2.05, 4.69) is 25.8 Å². The number of aromatic nitrogens is 2. The number of carbonyl (C=O) groups is 1. The molecular weight excluding hydrogens is 388 g/mol. The van der Waals surface area contributed by atoms with E-state index in [1.165, 1.54) is 36.4 Å². The third-order valence-electron chi connectivity index (χ3n) is 4.98. The molecule has 0 saturated heterocycles. The zero-order chi connectivity index (χ0) is 20.9. The van der Waals surface area contributed by atoms with E-state index in [4.69, 9.17) is 0 Å². The largest absolute Gasteiger partial charge is 0.353 e.